The van der Waals surface area contributed by atoms with Gasteiger partial charge in [0.15, 0.2) is 5.11 Å². The first kappa shape index (κ1) is 18.3. The van der Waals surface area contributed by atoms with E-state index in [-0.39, 0.29) is 0 Å². The maximum Gasteiger partial charge on any atom is 0.173 e. The Hall–Kier alpha value is -2.47. The summed E-state index contributed by atoms with van der Waals surface area (Å²) in [4.78, 5) is 4.43. The Labute approximate surface area is 160 Å². The number of thiocarbonyl (C=S) groups is 1. The van der Waals surface area contributed by atoms with Gasteiger partial charge in [-0.05, 0) is 61.5 Å². The van der Waals surface area contributed by atoms with Gasteiger partial charge in [-0.2, -0.15) is 0 Å². The molecule has 138 valence electrons. The lowest BCUT2D eigenvalue weighted by molar-refractivity contribution is 0.389. The summed E-state index contributed by atoms with van der Waals surface area (Å²) in [5.41, 5.74) is 4.33. The van der Waals surface area contributed by atoms with Crippen molar-refractivity contribution in [2.24, 2.45) is 0 Å². The molecule has 0 unspecified atom stereocenters. The molecule has 1 saturated heterocycles. The van der Waals surface area contributed by atoms with Crippen molar-refractivity contribution in [3.05, 3.63) is 47.5 Å². The van der Waals surface area contributed by atoms with Crippen LogP contribution in [0.15, 0.2) is 36.4 Å². The van der Waals surface area contributed by atoms with Gasteiger partial charge in [0.2, 0.25) is 0 Å². The Kier molecular flexibility index (Phi) is 5.52. The normalized spacial score (nSPS) is 14.3. The van der Waals surface area contributed by atoms with Gasteiger partial charge >= 0.3 is 0 Å². The fourth-order valence-electron chi connectivity index (χ4n) is 3.11. The number of phenols is 1. The summed E-state index contributed by atoms with van der Waals surface area (Å²) in [6.45, 7) is 7.52. The third kappa shape index (κ3) is 4.02. The maximum atomic E-state index is 9.66. The van der Waals surface area contributed by atoms with Gasteiger partial charge < -0.3 is 25.0 Å². The van der Waals surface area contributed by atoms with Crippen LogP contribution in [0.4, 0.5) is 11.4 Å². The van der Waals surface area contributed by atoms with E-state index in [9.17, 15) is 5.11 Å². The van der Waals surface area contributed by atoms with Crippen LogP contribution in [0.1, 0.15) is 11.1 Å². The van der Waals surface area contributed by atoms with Crippen molar-refractivity contribution in [3.8, 4) is 11.5 Å². The maximum absolute atomic E-state index is 9.66. The summed E-state index contributed by atoms with van der Waals surface area (Å²) in [5, 5.41) is 13.7. The molecule has 0 radical (unpaired) electrons. The fraction of sp³-hybridized carbons (Fsp3) is 0.350. The first-order valence-electron chi connectivity index (χ1n) is 8.73. The summed E-state index contributed by atoms with van der Waals surface area (Å²) in [5.74, 6) is 1.10. The second-order valence-corrected chi connectivity index (χ2v) is 6.95. The molecule has 3 rings (SSSR count). The number of ether oxygens (including phenoxy) is 1. The van der Waals surface area contributed by atoms with Crippen molar-refractivity contribution >= 4 is 28.7 Å². The molecule has 1 heterocycles. The lowest BCUT2D eigenvalue weighted by Crippen LogP contribution is -2.50. The highest BCUT2D eigenvalue weighted by Crippen LogP contribution is 2.28. The van der Waals surface area contributed by atoms with E-state index in [4.69, 9.17) is 17.0 Å². The van der Waals surface area contributed by atoms with Crippen molar-refractivity contribution in [1.29, 1.82) is 0 Å². The van der Waals surface area contributed by atoms with Gasteiger partial charge in [0.25, 0.3) is 0 Å². The third-order valence-electron chi connectivity index (χ3n) is 4.82. The van der Waals surface area contributed by atoms with Crippen LogP contribution in [0, 0.1) is 13.8 Å². The average molecular weight is 372 g/mol. The zero-order valence-corrected chi connectivity index (χ0v) is 16.3. The Morgan fingerprint density at radius 3 is 2.42 bits per heavy atom. The van der Waals surface area contributed by atoms with Gasteiger partial charge in [0, 0.05) is 37.9 Å². The molecule has 2 N–H and O–H groups in total. The van der Waals surface area contributed by atoms with Crippen molar-refractivity contribution in [1.82, 2.24) is 4.90 Å². The van der Waals surface area contributed by atoms with E-state index in [2.05, 4.69) is 35.0 Å². The van der Waals surface area contributed by atoms with Crippen molar-refractivity contribution < 1.29 is 9.84 Å². The average Bonchev–Trinajstić information content (AvgIpc) is 2.64. The number of aromatic hydroxyl groups is 1. The highest BCUT2D eigenvalue weighted by molar-refractivity contribution is 7.80. The third-order valence-corrected chi connectivity index (χ3v) is 5.18. The monoisotopic (exact) mass is 371 g/mol. The van der Waals surface area contributed by atoms with Crippen LogP contribution in [0.3, 0.4) is 0 Å². The molecule has 0 spiro atoms. The van der Waals surface area contributed by atoms with Gasteiger partial charge in [-0.3, -0.25) is 0 Å². The van der Waals surface area contributed by atoms with Gasteiger partial charge in [-0.25, -0.2) is 0 Å². The topological polar surface area (TPSA) is 48.0 Å². The van der Waals surface area contributed by atoms with Gasteiger partial charge in [-0.1, -0.05) is 6.07 Å². The molecule has 0 bridgehead atoms. The SMILES string of the molecule is COc1cc(C)c(C)cc1NC(=S)N1CCN(c2cccc(O)c2)CC1. The number of phenolic OH excluding ortho intramolecular Hbond substituents is 1. The second kappa shape index (κ2) is 7.83. The standard InChI is InChI=1S/C20H25N3O2S/c1-14-11-18(19(25-3)12-15(14)2)21-20(26)23-9-7-22(8-10-23)16-5-4-6-17(24)13-16/h4-6,11-13,24H,7-10H2,1-3H3,(H,21,26). The van der Waals surface area contributed by atoms with Crippen molar-refractivity contribution in [2.45, 2.75) is 13.8 Å². The van der Waals surface area contributed by atoms with Crippen LogP contribution in [0.25, 0.3) is 0 Å². The molecule has 26 heavy (non-hydrogen) atoms. The zero-order chi connectivity index (χ0) is 18.7. The van der Waals surface area contributed by atoms with E-state index in [1.807, 2.05) is 18.2 Å². The van der Waals surface area contributed by atoms with Crippen molar-refractivity contribution in [2.75, 3.05) is 43.5 Å². The van der Waals surface area contributed by atoms with E-state index >= 15 is 0 Å². The van der Waals surface area contributed by atoms with E-state index in [0.717, 1.165) is 43.3 Å². The van der Waals surface area contributed by atoms with Crippen LogP contribution in [0.2, 0.25) is 0 Å². The Bertz CT molecular complexity index is 802. The minimum atomic E-state index is 0.295. The van der Waals surface area contributed by atoms with Gasteiger partial charge in [0.1, 0.15) is 11.5 Å². The molecule has 2 aromatic carbocycles. The Morgan fingerprint density at radius 1 is 1.08 bits per heavy atom. The van der Waals surface area contributed by atoms with E-state index in [0.29, 0.717) is 10.9 Å². The molecule has 1 fully saturated rings. The molecule has 1 aliphatic heterocycles. The number of hydrogen-bond donors (Lipinski definition) is 2. The van der Waals surface area contributed by atoms with Gasteiger partial charge in [0.05, 0.1) is 12.8 Å². The summed E-state index contributed by atoms with van der Waals surface area (Å²) in [7, 11) is 1.67. The number of rotatable bonds is 3. The minimum absolute atomic E-state index is 0.295. The van der Waals surface area contributed by atoms with E-state index in [1.54, 1.807) is 19.2 Å². The number of piperazine rings is 1. The first-order valence-corrected chi connectivity index (χ1v) is 9.14. The summed E-state index contributed by atoms with van der Waals surface area (Å²) in [6, 6.07) is 11.5. The minimum Gasteiger partial charge on any atom is -0.508 e. The van der Waals surface area contributed by atoms with Gasteiger partial charge in [-0.15, -0.1) is 0 Å². The number of methoxy groups -OCH3 is 1. The Morgan fingerprint density at radius 2 is 1.77 bits per heavy atom. The summed E-state index contributed by atoms with van der Waals surface area (Å²) < 4.78 is 5.48. The molecule has 0 amide bonds. The Balaban J connectivity index is 1.63. The van der Waals surface area contributed by atoms with Crippen LogP contribution >= 0.6 is 12.2 Å². The molecule has 0 saturated carbocycles. The molecular formula is C20H25N3O2S. The number of nitrogens with zero attached hydrogens (tertiary/aromatic N) is 2. The van der Waals surface area contributed by atoms with Crippen LogP contribution in [-0.2, 0) is 0 Å². The van der Waals surface area contributed by atoms with Crippen molar-refractivity contribution in [3.63, 3.8) is 0 Å². The molecule has 5 nitrogen and oxygen atoms in total. The number of aryl methyl sites for hydroxylation is 2. The highest BCUT2D eigenvalue weighted by Gasteiger charge is 2.20. The predicted molar refractivity (Wildman–Crippen MR) is 111 cm³/mol. The van der Waals surface area contributed by atoms with Crippen LogP contribution in [-0.4, -0.2) is 48.4 Å². The summed E-state index contributed by atoms with van der Waals surface area (Å²) >= 11 is 5.62. The fourth-order valence-corrected chi connectivity index (χ4v) is 3.40. The number of anilines is 2. The number of nitrogens with one attached hydrogen (secondary N) is 1. The van der Waals surface area contributed by atoms with Crippen LogP contribution in [0.5, 0.6) is 11.5 Å². The molecule has 2 aromatic rings. The lowest BCUT2D eigenvalue weighted by Gasteiger charge is -2.37. The number of benzene rings is 2. The second-order valence-electron chi connectivity index (χ2n) is 6.56. The molecule has 0 aliphatic carbocycles. The van der Waals surface area contributed by atoms with E-state index in [1.165, 1.54) is 11.1 Å². The molecule has 0 atom stereocenters. The molecular weight excluding hydrogens is 346 g/mol. The molecule has 1 aliphatic rings. The molecule has 0 aromatic heterocycles. The zero-order valence-electron chi connectivity index (χ0n) is 15.5. The van der Waals surface area contributed by atoms with E-state index < -0.39 is 0 Å². The van der Waals surface area contributed by atoms with Crippen LogP contribution < -0.4 is 15.0 Å². The smallest absolute Gasteiger partial charge is 0.173 e. The largest absolute Gasteiger partial charge is 0.508 e. The number of hydrogen-bond acceptors (Lipinski definition) is 4. The lowest BCUT2D eigenvalue weighted by atomic mass is 10.1. The quantitative estimate of drug-likeness (QED) is 0.805. The highest BCUT2D eigenvalue weighted by atomic mass is 32.1. The molecule has 6 heteroatoms. The predicted octanol–water partition coefficient (Wildman–Crippen LogP) is 3.54. The summed E-state index contributed by atoms with van der Waals surface area (Å²) in [6.07, 6.45) is 0. The first-order chi connectivity index (χ1) is 12.5.